The summed E-state index contributed by atoms with van der Waals surface area (Å²) in [4.78, 5) is 22.7. The zero-order valence-corrected chi connectivity index (χ0v) is 43.6. The molecule has 0 bridgehead atoms. The third-order valence-corrected chi connectivity index (χ3v) is 13.3. The van der Waals surface area contributed by atoms with E-state index in [2.05, 4.69) is 38.2 Å². The van der Waals surface area contributed by atoms with Crippen molar-refractivity contribution in [3.05, 3.63) is 24.3 Å². The molecule has 3 unspecified atom stereocenters. The van der Waals surface area contributed by atoms with Crippen LogP contribution in [-0.4, -0.2) is 66.3 Å². The Morgan fingerprint density at radius 1 is 0.477 bits per heavy atom. The highest BCUT2D eigenvalue weighted by Crippen LogP contribution is 2.43. The number of allylic oxidation sites excluding steroid dienone is 4. The zero-order valence-electron chi connectivity index (χ0n) is 42.7. The number of unbranched alkanes of at least 4 members (excludes halogenated alkanes) is 36. The van der Waals surface area contributed by atoms with Gasteiger partial charge in [0.1, 0.15) is 12.2 Å². The van der Waals surface area contributed by atoms with Crippen molar-refractivity contribution in [3.63, 3.8) is 0 Å². The maximum atomic E-state index is 12.7. The Bertz CT molecular complexity index is 1070. The molecule has 10 heteroatoms. The smallest absolute Gasteiger partial charge is 0.457 e. The van der Waals surface area contributed by atoms with E-state index in [4.69, 9.17) is 23.6 Å². The molecule has 0 saturated heterocycles. The van der Waals surface area contributed by atoms with Gasteiger partial charge < -0.3 is 24.6 Å². The van der Waals surface area contributed by atoms with E-state index in [-0.39, 0.29) is 25.6 Å². The number of phosphoric acid groups is 1. The quantitative estimate of drug-likeness (QED) is 0.0236. The number of hydrogen-bond donors (Lipinski definition) is 3. The number of hydrogen-bond acceptors (Lipinski definition) is 8. The first-order valence-electron chi connectivity index (χ1n) is 27.8. The molecule has 0 rings (SSSR count). The van der Waals surface area contributed by atoms with E-state index < -0.39 is 33.2 Å². The van der Waals surface area contributed by atoms with E-state index in [1.807, 2.05) is 0 Å². The van der Waals surface area contributed by atoms with Gasteiger partial charge in [-0.1, -0.05) is 250 Å². The molecule has 9 nitrogen and oxygen atoms in total. The van der Waals surface area contributed by atoms with Gasteiger partial charge in [0, 0.05) is 13.0 Å². The molecule has 386 valence electrons. The number of carbonyl (C=O) groups is 1. The van der Waals surface area contributed by atoms with Crippen molar-refractivity contribution >= 4 is 13.8 Å². The molecule has 0 aliphatic heterocycles. The maximum Gasteiger partial charge on any atom is 0.472 e. The molecule has 0 radical (unpaired) electrons. The van der Waals surface area contributed by atoms with E-state index in [0.717, 1.165) is 44.9 Å². The van der Waals surface area contributed by atoms with Gasteiger partial charge in [-0.3, -0.25) is 13.8 Å². The summed E-state index contributed by atoms with van der Waals surface area (Å²) in [7, 11) is -4.52. The summed E-state index contributed by atoms with van der Waals surface area (Å²) in [6.07, 6.45) is 58.7. The van der Waals surface area contributed by atoms with Crippen LogP contribution in [0.5, 0.6) is 0 Å². The molecule has 3 N–H and O–H groups in total. The van der Waals surface area contributed by atoms with Gasteiger partial charge in [-0.05, 0) is 44.9 Å². The Balaban J connectivity index is 4.00. The minimum Gasteiger partial charge on any atom is -0.457 e. The summed E-state index contributed by atoms with van der Waals surface area (Å²) in [5.41, 5.74) is 0. The lowest BCUT2D eigenvalue weighted by Gasteiger charge is -2.20. The largest absolute Gasteiger partial charge is 0.472 e. The number of rotatable bonds is 54. The lowest BCUT2D eigenvalue weighted by molar-refractivity contribution is -0.154. The van der Waals surface area contributed by atoms with Crippen LogP contribution in [0.3, 0.4) is 0 Å². The van der Waals surface area contributed by atoms with Gasteiger partial charge >= 0.3 is 13.8 Å². The second-order valence-corrected chi connectivity index (χ2v) is 20.4. The Labute approximate surface area is 402 Å². The van der Waals surface area contributed by atoms with Crippen molar-refractivity contribution in [1.82, 2.24) is 0 Å². The highest BCUT2D eigenvalue weighted by molar-refractivity contribution is 7.47. The number of phosphoric ester groups is 1. The Morgan fingerprint density at radius 3 is 1.23 bits per heavy atom. The zero-order chi connectivity index (χ0) is 47.4. The Morgan fingerprint density at radius 2 is 0.831 bits per heavy atom. The fourth-order valence-corrected chi connectivity index (χ4v) is 8.94. The predicted octanol–water partition coefficient (Wildman–Crippen LogP) is 16.5. The van der Waals surface area contributed by atoms with Crippen molar-refractivity contribution in [2.75, 3.05) is 33.0 Å². The predicted molar refractivity (Wildman–Crippen MR) is 274 cm³/mol. The van der Waals surface area contributed by atoms with Crippen LogP contribution < -0.4 is 0 Å². The van der Waals surface area contributed by atoms with Crippen molar-refractivity contribution in [2.24, 2.45) is 0 Å². The number of aliphatic hydroxyl groups excluding tert-OH is 2. The van der Waals surface area contributed by atoms with Crippen LogP contribution in [0.15, 0.2) is 24.3 Å². The standard InChI is InChI=1S/C55H107O9P/c1-3-5-7-9-11-13-15-17-19-21-23-25-27-29-31-33-35-37-39-41-43-45-47-55(58)64-54(52-63-65(59,60)62-50-53(57)49-56)51-61-48-46-44-42-40-38-36-34-32-30-28-26-24-22-20-18-16-14-12-10-8-6-4-2/h16,18,22,24,53-54,56-57H,3-15,17,19-21,23,25-52H2,1-2H3,(H,59,60)/b18-16-,24-22-. The Hall–Kier alpha value is -1.06. The van der Waals surface area contributed by atoms with Crippen LogP contribution >= 0.6 is 7.82 Å². The molecular weight excluding hydrogens is 836 g/mol. The summed E-state index contributed by atoms with van der Waals surface area (Å²) in [5, 5.41) is 18.4. The first-order chi connectivity index (χ1) is 31.8. The van der Waals surface area contributed by atoms with Gasteiger partial charge in [0.05, 0.1) is 26.4 Å². The van der Waals surface area contributed by atoms with Crippen LogP contribution in [-0.2, 0) is 27.9 Å². The molecule has 0 spiro atoms. The van der Waals surface area contributed by atoms with E-state index in [0.29, 0.717) is 6.61 Å². The van der Waals surface area contributed by atoms with E-state index in [1.54, 1.807) is 0 Å². The molecule has 0 aromatic rings. The Kier molecular flexibility index (Phi) is 51.5. The normalized spacial score (nSPS) is 13.9. The van der Waals surface area contributed by atoms with E-state index in [9.17, 15) is 19.4 Å². The molecule has 3 atom stereocenters. The van der Waals surface area contributed by atoms with Crippen LogP contribution in [0.2, 0.25) is 0 Å². The van der Waals surface area contributed by atoms with Crippen molar-refractivity contribution in [2.45, 2.75) is 289 Å². The minimum absolute atomic E-state index is 0.0520. The molecule has 0 aromatic heterocycles. The van der Waals surface area contributed by atoms with E-state index >= 15 is 0 Å². The molecule has 0 aliphatic carbocycles. The summed E-state index contributed by atoms with van der Waals surface area (Å²) in [6, 6.07) is 0. The van der Waals surface area contributed by atoms with Gasteiger partial charge in [-0.25, -0.2) is 4.57 Å². The fraction of sp³-hybridized carbons (Fsp3) is 0.909. The summed E-state index contributed by atoms with van der Waals surface area (Å²) >= 11 is 0. The van der Waals surface area contributed by atoms with Gasteiger partial charge in [0.25, 0.3) is 0 Å². The lowest BCUT2D eigenvalue weighted by Crippen LogP contribution is -2.29. The molecule has 0 aliphatic rings. The second kappa shape index (κ2) is 52.3. The topological polar surface area (TPSA) is 132 Å². The highest BCUT2D eigenvalue weighted by atomic mass is 31.2. The van der Waals surface area contributed by atoms with E-state index in [1.165, 1.54) is 212 Å². The lowest BCUT2D eigenvalue weighted by atomic mass is 10.0. The maximum absolute atomic E-state index is 12.7. The molecular formula is C55H107O9P. The van der Waals surface area contributed by atoms with Crippen molar-refractivity contribution < 1.29 is 43.0 Å². The summed E-state index contributed by atoms with van der Waals surface area (Å²) in [5.74, 6) is -0.376. The summed E-state index contributed by atoms with van der Waals surface area (Å²) in [6.45, 7) is 3.57. The number of carbonyl (C=O) groups excluding carboxylic acids is 1. The number of ether oxygens (including phenoxy) is 2. The van der Waals surface area contributed by atoms with Crippen LogP contribution in [0.4, 0.5) is 0 Å². The molecule has 0 amide bonds. The highest BCUT2D eigenvalue weighted by Gasteiger charge is 2.26. The average molecular weight is 943 g/mol. The minimum atomic E-state index is -4.52. The molecule has 65 heavy (non-hydrogen) atoms. The van der Waals surface area contributed by atoms with Gasteiger partial charge in [0.15, 0.2) is 0 Å². The van der Waals surface area contributed by atoms with Gasteiger partial charge in [0.2, 0.25) is 0 Å². The van der Waals surface area contributed by atoms with Crippen molar-refractivity contribution in [3.8, 4) is 0 Å². The summed E-state index contributed by atoms with van der Waals surface area (Å²) < 4.78 is 33.6. The van der Waals surface area contributed by atoms with Crippen LogP contribution in [0, 0.1) is 0 Å². The fourth-order valence-electron chi connectivity index (χ4n) is 8.15. The second-order valence-electron chi connectivity index (χ2n) is 19.0. The van der Waals surface area contributed by atoms with Crippen molar-refractivity contribution in [1.29, 1.82) is 0 Å². The third kappa shape index (κ3) is 52.2. The van der Waals surface area contributed by atoms with Gasteiger partial charge in [-0.15, -0.1) is 0 Å². The van der Waals surface area contributed by atoms with Gasteiger partial charge in [-0.2, -0.15) is 0 Å². The molecule has 0 saturated carbocycles. The van der Waals surface area contributed by atoms with Crippen LogP contribution in [0.25, 0.3) is 0 Å². The van der Waals surface area contributed by atoms with Crippen LogP contribution in [0.1, 0.15) is 277 Å². The third-order valence-electron chi connectivity index (χ3n) is 12.4. The molecule has 0 fully saturated rings. The first kappa shape index (κ1) is 63.9. The number of esters is 1. The molecule has 0 heterocycles. The first-order valence-corrected chi connectivity index (χ1v) is 29.3. The SMILES string of the molecule is CCCCCCC/C=C\C/C=C\CCCCCCCCCCCCOCC(COP(=O)(O)OCC(O)CO)OC(=O)CCCCCCCCCCCCCCCCCCCCCCCC. The number of aliphatic hydroxyl groups is 2. The monoisotopic (exact) mass is 943 g/mol. The molecule has 0 aromatic carbocycles. The average Bonchev–Trinajstić information content (AvgIpc) is 3.30.